The third kappa shape index (κ3) is 5.20. The summed E-state index contributed by atoms with van der Waals surface area (Å²) in [6.45, 7) is 5.62. The molecule has 1 aliphatic carbocycles. The second-order valence-corrected chi connectivity index (χ2v) is 9.85. The van der Waals surface area contributed by atoms with Crippen molar-refractivity contribution in [3.05, 3.63) is 46.7 Å². The monoisotopic (exact) mass is 421 g/mol. The Labute approximate surface area is 171 Å². The van der Waals surface area contributed by atoms with Gasteiger partial charge in [-0.2, -0.15) is 4.31 Å². The van der Waals surface area contributed by atoms with Crippen LogP contribution >= 0.6 is 11.3 Å². The molecule has 2 aromatic rings. The van der Waals surface area contributed by atoms with Crippen molar-refractivity contribution in [1.82, 2.24) is 9.21 Å². The molecule has 8 heteroatoms. The maximum absolute atomic E-state index is 12.5. The Balaban J connectivity index is 1.61. The Bertz CT molecular complexity index is 872. The van der Waals surface area contributed by atoms with Crippen LogP contribution in [0.5, 0.6) is 0 Å². The van der Waals surface area contributed by atoms with Gasteiger partial charge in [0.1, 0.15) is 0 Å². The molecule has 1 saturated carbocycles. The lowest BCUT2D eigenvalue weighted by molar-refractivity contribution is -0.117. The molecule has 1 fully saturated rings. The van der Waals surface area contributed by atoms with Gasteiger partial charge in [-0.25, -0.2) is 8.42 Å². The predicted molar refractivity (Wildman–Crippen MR) is 113 cm³/mol. The topological polar surface area (TPSA) is 69.7 Å². The second-order valence-electron chi connectivity index (χ2n) is 6.88. The maximum Gasteiger partial charge on any atom is 0.243 e. The highest BCUT2D eigenvalue weighted by molar-refractivity contribution is 7.89. The zero-order valence-corrected chi connectivity index (χ0v) is 17.9. The van der Waals surface area contributed by atoms with Crippen LogP contribution in [0, 0.1) is 0 Å². The van der Waals surface area contributed by atoms with Crippen molar-refractivity contribution in [2.45, 2.75) is 44.2 Å². The quantitative estimate of drug-likeness (QED) is 0.638. The predicted octanol–water partition coefficient (Wildman–Crippen LogP) is 3.38. The van der Waals surface area contributed by atoms with Crippen molar-refractivity contribution in [2.24, 2.45) is 0 Å². The van der Waals surface area contributed by atoms with Gasteiger partial charge in [0.05, 0.1) is 11.4 Å². The standard InChI is InChI=1S/C20H27N3O3S2/c1-3-23(4-2)28(25,26)19-11-7-16(8-12-19)21-20(24)15-22(17-9-10-17)14-18-6-5-13-27-18/h5-8,11-13,17H,3-4,9-10,14-15H2,1-2H3,(H,21,24). The van der Waals surface area contributed by atoms with Gasteiger partial charge in [-0.3, -0.25) is 9.69 Å². The van der Waals surface area contributed by atoms with Crippen LogP contribution in [0.2, 0.25) is 0 Å². The van der Waals surface area contributed by atoms with Gasteiger partial charge >= 0.3 is 0 Å². The number of hydrogen-bond donors (Lipinski definition) is 1. The third-order valence-corrected chi connectivity index (χ3v) is 7.76. The highest BCUT2D eigenvalue weighted by Gasteiger charge is 2.30. The molecular weight excluding hydrogens is 394 g/mol. The minimum Gasteiger partial charge on any atom is -0.325 e. The lowest BCUT2D eigenvalue weighted by atomic mass is 10.3. The lowest BCUT2D eigenvalue weighted by Gasteiger charge is -2.21. The summed E-state index contributed by atoms with van der Waals surface area (Å²) in [7, 11) is -3.48. The summed E-state index contributed by atoms with van der Waals surface area (Å²) in [5, 5.41) is 4.93. The fourth-order valence-electron chi connectivity index (χ4n) is 3.16. The molecule has 1 N–H and O–H groups in total. The Morgan fingerprint density at radius 2 is 1.82 bits per heavy atom. The number of sulfonamides is 1. The number of rotatable bonds is 10. The molecule has 1 heterocycles. The van der Waals surface area contributed by atoms with E-state index >= 15 is 0 Å². The Hall–Kier alpha value is -1.74. The number of nitrogens with zero attached hydrogens (tertiary/aromatic N) is 2. The molecule has 3 rings (SSSR count). The molecule has 0 atom stereocenters. The Morgan fingerprint density at radius 1 is 1.14 bits per heavy atom. The van der Waals surface area contributed by atoms with Crippen LogP contribution in [-0.4, -0.2) is 49.2 Å². The van der Waals surface area contributed by atoms with Crippen molar-refractivity contribution >= 4 is 33.0 Å². The number of amides is 1. The van der Waals surface area contributed by atoms with E-state index in [0.29, 0.717) is 31.4 Å². The zero-order valence-electron chi connectivity index (χ0n) is 16.3. The van der Waals surface area contributed by atoms with E-state index in [1.165, 1.54) is 9.18 Å². The number of carbonyl (C=O) groups excluding carboxylic acids is 1. The largest absolute Gasteiger partial charge is 0.325 e. The fraction of sp³-hybridized carbons (Fsp3) is 0.450. The van der Waals surface area contributed by atoms with Crippen LogP contribution in [0.3, 0.4) is 0 Å². The average molecular weight is 422 g/mol. The first kappa shape index (κ1) is 21.0. The highest BCUT2D eigenvalue weighted by atomic mass is 32.2. The van der Waals surface area contributed by atoms with Gasteiger partial charge < -0.3 is 5.32 Å². The average Bonchev–Trinajstić information content (AvgIpc) is 3.39. The number of hydrogen-bond acceptors (Lipinski definition) is 5. The number of carbonyl (C=O) groups is 1. The molecule has 0 bridgehead atoms. The first-order valence-electron chi connectivity index (χ1n) is 9.60. The van der Waals surface area contributed by atoms with Crippen LogP contribution in [0.1, 0.15) is 31.6 Å². The van der Waals surface area contributed by atoms with Crippen molar-refractivity contribution in [3.8, 4) is 0 Å². The smallest absolute Gasteiger partial charge is 0.243 e. The summed E-state index contributed by atoms with van der Waals surface area (Å²) in [4.78, 5) is 16.2. The van der Waals surface area contributed by atoms with E-state index in [1.807, 2.05) is 25.3 Å². The normalized spacial score (nSPS) is 14.6. The van der Waals surface area contributed by atoms with Gasteiger partial charge in [-0.15, -0.1) is 11.3 Å². The lowest BCUT2D eigenvalue weighted by Crippen LogP contribution is -2.34. The van der Waals surface area contributed by atoms with Gasteiger partial charge in [0, 0.05) is 36.2 Å². The molecule has 1 aliphatic rings. The SMILES string of the molecule is CCN(CC)S(=O)(=O)c1ccc(NC(=O)CN(Cc2cccs2)C2CC2)cc1. The molecule has 0 saturated heterocycles. The third-order valence-electron chi connectivity index (χ3n) is 4.83. The van der Waals surface area contributed by atoms with Crippen molar-refractivity contribution < 1.29 is 13.2 Å². The van der Waals surface area contributed by atoms with Gasteiger partial charge in [-0.1, -0.05) is 19.9 Å². The summed E-state index contributed by atoms with van der Waals surface area (Å²) < 4.78 is 26.5. The molecule has 1 amide bonds. The molecule has 152 valence electrons. The fourth-order valence-corrected chi connectivity index (χ4v) is 5.35. The summed E-state index contributed by atoms with van der Waals surface area (Å²) in [6, 6.07) is 11.0. The van der Waals surface area contributed by atoms with Crippen LogP contribution in [0.15, 0.2) is 46.7 Å². The Morgan fingerprint density at radius 3 is 2.36 bits per heavy atom. The molecule has 1 aromatic carbocycles. The first-order valence-corrected chi connectivity index (χ1v) is 11.9. The minimum atomic E-state index is -3.48. The van der Waals surface area contributed by atoms with Crippen LogP contribution in [-0.2, 0) is 21.4 Å². The van der Waals surface area contributed by atoms with E-state index in [4.69, 9.17) is 0 Å². The molecule has 28 heavy (non-hydrogen) atoms. The summed E-state index contributed by atoms with van der Waals surface area (Å²) in [5.74, 6) is -0.0807. The van der Waals surface area contributed by atoms with Crippen LogP contribution < -0.4 is 5.32 Å². The first-order chi connectivity index (χ1) is 13.4. The van der Waals surface area contributed by atoms with Gasteiger partial charge in [0.15, 0.2) is 0 Å². The molecule has 0 spiro atoms. The van der Waals surface area contributed by atoms with Crippen LogP contribution in [0.25, 0.3) is 0 Å². The highest BCUT2D eigenvalue weighted by Crippen LogP contribution is 2.29. The number of benzene rings is 1. The van der Waals surface area contributed by atoms with E-state index < -0.39 is 10.0 Å². The van der Waals surface area contributed by atoms with E-state index in [1.54, 1.807) is 35.6 Å². The number of thiophene rings is 1. The molecular formula is C20H27N3O3S2. The van der Waals surface area contributed by atoms with Crippen molar-refractivity contribution in [3.63, 3.8) is 0 Å². The number of nitrogens with one attached hydrogen (secondary N) is 1. The van der Waals surface area contributed by atoms with E-state index in [2.05, 4.69) is 16.3 Å². The molecule has 0 unspecified atom stereocenters. The maximum atomic E-state index is 12.5. The van der Waals surface area contributed by atoms with E-state index in [-0.39, 0.29) is 10.8 Å². The summed E-state index contributed by atoms with van der Waals surface area (Å²) >= 11 is 1.70. The Kier molecular flexibility index (Phi) is 6.87. The summed E-state index contributed by atoms with van der Waals surface area (Å²) in [5.41, 5.74) is 0.607. The summed E-state index contributed by atoms with van der Waals surface area (Å²) in [6.07, 6.45) is 2.27. The minimum absolute atomic E-state index is 0.0807. The molecule has 0 aliphatic heterocycles. The van der Waals surface area contributed by atoms with Crippen LogP contribution in [0.4, 0.5) is 5.69 Å². The van der Waals surface area contributed by atoms with Crippen molar-refractivity contribution in [2.75, 3.05) is 25.0 Å². The number of anilines is 1. The van der Waals surface area contributed by atoms with Gasteiger partial charge in [0.25, 0.3) is 0 Å². The van der Waals surface area contributed by atoms with Gasteiger partial charge in [0.2, 0.25) is 15.9 Å². The zero-order chi connectivity index (χ0) is 20.1. The van der Waals surface area contributed by atoms with Gasteiger partial charge in [-0.05, 0) is 48.6 Å². The molecule has 0 radical (unpaired) electrons. The van der Waals surface area contributed by atoms with E-state index in [0.717, 1.165) is 19.4 Å². The second kappa shape index (κ2) is 9.17. The van der Waals surface area contributed by atoms with Crippen molar-refractivity contribution in [1.29, 1.82) is 0 Å². The molecule has 6 nitrogen and oxygen atoms in total. The molecule has 1 aromatic heterocycles. The van der Waals surface area contributed by atoms with E-state index in [9.17, 15) is 13.2 Å².